The third kappa shape index (κ3) is 3.32. The maximum absolute atomic E-state index is 12.8. The number of terminal acetylenes is 1. The summed E-state index contributed by atoms with van der Waals surface area (Å²) in [6.07, 6.45) is 6.27. The SMILES string of the molecule is C#CCN1CC(=O)N(COC(=O)C2C(/C=C(\F)Cl)C2(C)C)C1=O. The van der Waals surface area contributed by atoms with Crippen LogP contribution >= 0.6 is 11.6 Å². The molecule has 8 heteroatoms. The first-order valence-electron chi connectivity index (χ1n) is 6.92. The largest absolute Gasteiger partial charge is 0.443 e. The number of urea groups is 1. The topological polar surface area (TPSA) is 66.9 Å². The molecule has 6 nitrogen and oxygen atoms in total. The van der Waals surface area contributed by atoms with Crippen LogP contribution < -0.4 is 0 Å². The number of halogens is 2. The molecule has 1 heterocycles. The Bertz CT molecular complexity index is 621. The second-order valence-corrected chi connectivity index (χ2v) is 6.40. The number of amides is 3. The minimum absolute atomic E-state index is 0.00649. The van der Waals surface area contributed by atoms with Crippen LogP contribution in [0, 0.1) is 29.6 Å². The van der Waals surface area contributed by atoms with Gasteiger partial charge in [-0.1, -0.05) is 31.4 Å². The molecule has 3 amide bonds. The lowest BCUT2D eigenvalue weighted by atomic mass is 10.1. The summed E-state index contributed by atoms with van der Waals surface area (Å²) < 4.78 is 17.8. The minimum Gasteiger partial charge on any atom is -0.443 e. The highest BCUT2D eigenvalue weighted by molar-refractivity contribution is 6.28. The zero-order valence-electron chi connectivity index (χ0n) is 12.7. The molecule has 0 bridgehead atoms. The van der Waals surface area contributed by atoms with Gasteiger partial charge in [0.1, 0.15) is 6.54 Å². The average Bonchev–Trinajstić information content (AvgIpc) is 2.85. The van der Waals surface area contributed by atoms with Crippen molar-refractivity contribution in [1.82, 2.24) is 9.80 Å². The van der Waals surface area contributed by atoms with E-state index in [9.17, 15) is 18.8 Å². The van der Waals surface area contributed by atoms with Crippen LogP contribution in [0.15, 0.2) is 11.4 Å². The van der Waals surface area contributed by atoms with E-state index in [1.165, 1.54) is 4.90 Å². The van der Waals surface area contributed by atoms with E-state index in [2.05, 4.69) is 5.92 Å². The summed E-state index contributed by atoms with van der Waals surface area (Å²) >= 11 is 5.20. The maximum atomic E-state index is 12.8. The van der Waals surface area contributed by atoms with E-state index in [1.54, 1.807) is 13.8 Å². The van der Waals surface area contributed by atoms with E-state index in [4.69, 9.17) is 22.8 Å². The molecule has 2 fully saturated rings. The standard InChI is InChI=1S/C15H16ClFN2O4/c1-4-5-18-7-11(20)19(14(18)22)8-23-13(21)12-9(6-10(16)17)15(12,2)3/h1,6,9,12H,5,7-8H2,2-3H3/b10-6-. The van der Waals surface area contributed by atoms with Gasteiger partial charge >= 0.3 is 12.0 Å². The molecule has 0 aromatic rings. The Kier molecular flexibility index (Phi) is 4.66. The van der Waals surface area contributed by atoms with Gasteiger partial charge in [-0.2, -0.15) is 4.39 Å². The molecule has 23 heavy (non-hydrogen) atoms. The van der Waals surface area contributed by atoms with Crippen molar-refractivity contribution < 1.29 is 23.5 Å². The zero-order chi connectivity index (χ0) is 17.4. The number of ether oxygens (including phenoxy) is 1. The van der Waals surface area contributed by atoms with Crippen LogP contribution in [0.25, 0.3) is 0 Å². The normalized spacial score (nSPS) is 26.3. The smallest absolute Gasteiger partial charge is 0.330 e. The van der Waals surface area contributed by atoms with Crippen molar-refractivity contribution >= 4 is 29.5 Å². The lowest BCUT2D eigenvalue weighted by Gasteiger charge is -2.15. The van der Waals surface area contributed by atoms with E-state index in [1.807, 2.05) is 0 Å². The highest BCUT2D eigenvalue weighted by atomic mass is 35.5. The average molecular weight is 343 g/mol. The van der Waals surface area contributed by atoms with Gasteiger partial charge in [-0.3, -0.25) is 9.59 Å². The van der Waals surface area contributed by atoms with E-state index < -0.39 is 41.3 Å². The monoisotopic (exact) mass is 342 g/mol. The molecule has 0 aromatic carbocycles. The Hall–Kier alpha value is -2.07. The fourth-order valence-electron chi connectivity index (χ4n) is 2.75. The van der Waals surface area contributed by atoms with Gasteiger partial charge in [0.05, 0.1) is 12.5 Å². The number of esters is 1. The van der Waals surface area contributed by atoms with Gasteiger partial charge in [0.15, 0.2) is 12.0 Å². The third-order valence-electron chi connectivity index (χ3n) is 4.22. The van der Waals surface area contributed by atoms with Crippen LogP contribution in [-0.2, 0) is 14.3 Å². The van der Waals surface area contributed by atoms with Gasteiger partial charge in [0.2, 0.25) is 0 Å². The quantitative estimate of drug-likeness (QED) is 0.433. The number of carbonyl (C=O) groups is 3. The molecule has 2 unspecified atom stereocenters. The lowest BCUT2D eigenvalue weighted by Crippen LogP contribution is -2.36. The summed E-state index contributed by atoms with van der Waals surface area (Å²) in [4.78, 5) is 37.7. The maximum Gasteiger partial charge on any atom is 0.330 e. The van der Waals surface area contributed by atoms with Crippen molar-refractivity contribution in [3.63, 3.8) is 0 Å². The van der Waals surface area contributed by atoms with Crippen LogP contribution in [0.5, 0.6) is 0 Å². The van der Waals surface area contributed by atoms with E-state index in [0.717, 1.165) is 11.0 Å². The second-order valence-electron chi connectivity index (χ2n) is 6.04. The Morgan fingerprint density at radius 3 is 2.78 bits per heavy atom. The molecule has 0 N–H and O–H groups in total. The number of hydrogen-bond donors (Lipinski definition) is 0. The summed E-state index contributed by atoms with van der Waals surface area (Å²) in [5, 5.41) is -0.881. The molecular weight excluding hydrogens is 327 g/mol. The Labute approximate surface area is 138 Å². The van der Waals surface area contributed by atoms with Gasteiger partial charge in [-0.15, -0.1) is 6.42 Å². The molecule has 0 spiro atoms. The van der Waals surface area contributed by atoms with Gasteiger partial charge < -0.3 is 9.64 Å². The lowest BCUT2D eigenvalue weighted by molar-refractivity contribution is -0.151. The van der Waals surface area contributed by atoms with Crippen molar-refractivity contribution in [2.24, 2.45) is 17.3 Å². The van der Waals surface area contributed by atoms with Gasteiger partial charge in [0, 0.05) is 5.92 Å². The summed E-state index contributed by atoms with van der Waals surface area (Å²) in [6.45, 7) is 2.94. The zero-order valence-corrected chi connectivity index (χ0v) is 13.5. The predicted molar refractivity (Wildman–Crippen MR) is 79.4 cm³/mol. The molecular formula is C15H16ClFN2O4. The number of hydrogen-bond acceptors (Lipinski definition) is 4. The summed E-state index contributed by atoms with van der Waals surface area (Å²) in [6, 6.07) is -0.598. The van der Waals surface area contributed by atoms with Crippen LogP contribution in [0.4, 0.5) is 9.18 Å². The highest BCUT2D eigenvalue weighted by Gasteiger charge is 2.62. The van der Waals surface area contributed by atoms with E-state index in [0.29, 0.717) is 0 Å². The van der Waals surface area contributed by atoms with Crippen LogP contribution in [0.1, 0.15) is 13.8 Å². The molecule has 1 saturated heterocycles. The van der Waals surface area contributed by atoms with Crippen LogP contribution in [0.2, 0.25) is 0 Å². The van der Waals surface area contributed by atoms with E-state index >= 15 is 0 Å². The molecule has 2 atom stereocenters. The Morgan fingerprint density at radius 2 is 2.22 bits per heavy atom. The van der Waals surface area contributed by atoms with E-state index in [-0.39, 0.29) is 19.0 Å². The molecule has 2 rings (SSSR count). The number of allylic oxidation sites excluding steroid dienone is 1. The minimum atomic E-state index is -0.881. The van der Waals surface area contributed by atoms with Crippen molar-refractivity contribution in [2.75, 3.05) is 19.8 Å². The number of carbonyl (C=O) groups excluding carboxylic acids is 3. The van der Waals surface area contributed by atoms with Crippen LogP contribution in [0.3, 0.4) is 0 Å². The fourth-order valence-corrected chi connectivity index (χ4v) is 2.88. The first-order chi connectivity index (χ1) is 10.7. The summed E-state index contributed by atoms with van der Waals surface area (Å²) in [7, 11) is 0. The van der Waals surface area contributed by atoms with Gasteiger partial charge in [-0.05, 0) is 11.5 Å². The number of rotatable bonds is 5. The first kappa shape index (κ1) is 17.3. The molecule has 1 aliphatic heterocycles. The van der Waals surface area contributed by atoms with Crippen LogP contribution in [-0.4, -0.2) is 47.5 Å². The van der Waals surface area contributed by atoms with Crippen molar-refractivity contribution in [1.29, 1.82) is 0 Å². The molecule has 124 valence electrons. The molecule has 0 radical (unpaired) electrons. The Morgan fingerprint density at radius 1 is 1.57 bits per heavy atom. The van der Waals surface area contributed by atoms with Crippen molar-refractivity contribution in [3.8, 4) is 12.3 Å². The molecule has 1 saturated carbocycles. The second kappa shape index (κ2) is 6.20. The highest BCUT2D eigenvalue weighted by Crippen LogP contribution is 2.60. The summed E-state index contributed by atoms with van der Waals surface area (Å²) in [5.74, 6) is 0.230. The molecule has 1 aliphatic carbocycles. The van der Waals surface area contributed by atoms with Crippen molar-refractivity contribution in [3.05, 3.63) is 11.4 Å². The first-order valence-corrected chi connectivity index (χ1v) is 7.30. The predicted octanol–water partition coefficient (Wildman–Crippen LogP) is 1.71. The fraction of sp³-hybridized carbons (Fsp3) is 0.533. The third-order valence-corrected chi connectivity index (χ3v) is 4.34. The Balaban J connectivity index is 1.93. The van der Waals surface area contributed by atoms with Gasteiger partial charge in [0.25, 0.3) is 5.91 Å². The number of imide groups is 1. The molecule has 0 aromatic heterocycles. The number of nitrogens with zero attached hydrogens (tertiary/aromatic N) is 2. The molecule has 2 aliphatic rings. The summed E-state index contributed by atoms with van der Waals surface area (Å²) in [5.41, 5.74) is -0.488. The van der Waals surface area contributed by atoms with Crippen molar-refractivity contribution in [2.45, 2.75) is 13.8 Å². The van der Waals surface area contributed by atoms with Gasteiger partial charge in [-0.25, -0.2) is 9.69 Å².